The molecule has 4 heteroatoms. The van der Waals surface area contributed by atoms with Crippen molar-refractivity contribution in [1.29, 1.82) is 0 Å². The van der Waals surface area contributed by atoms with Crippen LogP contribution in [0.4, 0.5) is 5.82 Å². The number of rotatable bonds is 3. The van der Waals surface area contributed by atoms with E-state index in [1.807, 2.05) is 24.3 Å². The fourth-order valence-electron chi connectivity index (χ4n) is 1.85. The summed E-state index contributed by atoms with van der Waals surface area (Å²) in [5, 5.41) is 4.96. The average Bonchev–Trinajstić information content (AvgIpc) is 3.14. The lowest BCUT2D eigenvalue weighted by molar-refractivity contribution is 0.420. The molecular weight excluding hydrogens is 236 g/mol. The average molecular weight is 249 g/mol. The van der Waals surface area contributed by atoms with Crippen molar-refractivity contribution in [2.75, 3.05) is 12.4 Å². The Morgan fingerprint density at radius 1 is 1.29 bits per heavy atom. The Labute approximate surface area is 105 Å². The number of pyridine rings is 1. The van der Waals surface area contributed by atoms with Crippen LogP contribution >= 0.6 is 11.6 Å². The van der Waals surface area contributed by atoms with Gasteiger partial charge in [-0.25, -0.2) is 4.98 Å². The topological polar surface area (TPSA) is 34.1 Å². The fourth-order valence-corrected chi connectivity index (χ4v) is 2.06. The molecule has 0 unspecified atom stereocenters. The van der Waals surface area contributed by atoms with Crippen molar-refractivity contribution in [3.63, 3.8) is 0 Å². The molecule has 2 aromatic rings. The van der Waals surface area contributed by atoms with Crippen molar-refractivity contribution < 1.29 is 4.74 Å². The number of hydrogen-bond acceptors (Lipinski definition) is 3. The lowest BCUT2D eigenvalue weighted by Gasteiger charge is -2.09. The number of halogens is 1. The van der Waals surface area contributed by atoms with Gasteiger partial charge < -0.3 is 10.1 Å². The highest BCUT2D eigenvalue weighted by molar-refractivity contribution is 6.35. The summed E-state index contributed by atoms with van der Waals surface area (Å²) in [5.41, 5.74) is 0.789. The Morgan fingerprint density at radius 2 is 2.12 bits per heavy atom. The zero-order valence-electron chi connectivity index (χ0n) is 9.53. The number of nitrogens with zero attached hydrogens (tertiary/aromatic N) is 1. The summed E-state index contributed by atoms with van der Waals surface area (Å²) in [6.45, 7) is 0. The molecule has 1 saturated carbocycles. The fraction of sp³-hybridized carbons (Fsp3) is 0.308. The molecule has 3 nitrogen and oxygen atoms in total. The quantitative estimate of drug-likeness (QED) is 0.903. The van der Waals surface area contributed by atoms with E-state index in [1.165, 1.54) is 12.8 Å². The van der Waals surface area contributed by atoms with Crippen molar-refractivity contribution in [1.82, 2.24) is 4.98 Å². The van der Waals surface area contributed by atoms with Gasteiger partial charge in [-0.15, -0.1) is 0 Å². The van der Waals surface area contributed by atoms with Gasteiger partial charge in [0.2, 0.25) is 0 Å². The van der Waals surface area contributed by atoms with Crippen LogP contribution in [-0.2, 0) is 0 Å². The van der Waals surface area contributed by atoms with Gasteiger partial charge >= 0.3 is 0 Å². The Morgan fingerprint density at radius 3 is 2.82 bits per heavy atom. The van der Waals surface area contributed by atoms with Crippen molar-refractivity contribution in [2.24, 2.45) is 0 Å². The van der Waals surface area contributed by atoms with Crippen LogP contribution in [-0.4, -0.2) is 18.1 Å². The molecular formula is C13H13ClN2O. The predicted octanol–water partition coefficient (Wildman–Crippen LogP) is 3.47. The van der Waals surface area contributed by atoms with E-state index in [2.05, 4.69) is 10.3 Å². The number of benzene rings is 1. The van der Waals surface area contributed by atoms with Crippen LogP contribution in [0.2, 0.25) is 5.02 Å². The van der Waals surface area contributed by atoms with E-state index < -0.39 is 0 Å². The van der Waals surface area contributed by atoms with Gasteiger partial charge in [0.1, 0.15) is 11.6 Å². The van der Waals surface area contributed by atoms with E-state index in [0.29, 0.717) is 11.1 Å². The maximum absolute atomic E-state index is 6.16. The van der Waals surface area contributed by atoms with Gasteiger partial charge in [0.05, 0.1) is 17.6 Å². The minimum Gasteiger partial charge on any atom is -0.496 e. The monoisotopic (exact) mass is 248 g/mol. The minimum atomic E-state index is 0.587. The molecule has 0 bridgehead atoms. The molecule has 0 amide bonds. The van der Waals surface area contributed by atoms with E-state index >= 15 is 0 Å². The molecule has 17 heavy (non-hydrogen) atoms. The molecule has 0 aliphatic heterocycles. The predicted molar refractivity (Wildman–Crippen MR) is 69.9 cm³/mol. The molecule has 3 rings (SSSR count). The number of hydrogen-bond donors (Lipinski definition) is 1. The molecule has 1 N–H and O–H groups in total. The van der Waals surface area contributed by atoms with Crippen LogP contribution in [0.1, 0.15) is 12.8 Å². The number of anilines is 1. The van der Waals surface area contributed by atoms with Crippen LogP contribution in [0.25, 0.3) is 10.9 Å². The third-order valence-corrected chi connectivity index (χ3v) is 3.22. The summed E-state index contributed by atoms with van der Waals surface area (Å²) >= 11 is 6.16. The molecule has 0 atom stereocenters. The van der Waals surface area contributed by atoms with Crippen molar-refractivity contribution in [2.45, 2.75) is 18.9 Å². The lowest BCUT2D eigenvalue weighted by atomic mass is 10.2. The first-order valence-electron chi connectivity index (χ1n) is 5.68. The zero-order chi connectivity index (χ0) is 11.8. The summed E-state index contributed by atoms with van der Waals surface area (Å²) in [4.78, 5) is 4.54. The van der Waals surface area contributed by atoms with E-state index in [-0.39, 0.29) is 0 Å². The number of ether oxygens (including phenoxy) is 1. The highest BCUT2D eigenvalue weighted by atomic mass is 35.5. The van der Waals surface area contributed by atoms with Crippen LogP contribution < -0.4 is 10.1 Å². The summed E-state index contributed by atoms with van der Waals surface area (Å²) < 4.78 is 5.30. The van der Waals surface area contributed by atoms with Crippen LogP contribution in [0, 0.1) is 0 Å². The van der Waals surface area contributed by atoms with Gasteiger partial charge in [0.15, 0.2) is 0 Å². The minimum absolute atomic E-state index is 0.587. The third kappa shape index (κ3) is 2.03. The molecule has 0 spiro atoms. The molecule has 1 heterocycles. The Hall–Kier alpha value is -1.48. The van der Waals surface area contributed by atoms with Crippen LogP contribution in [0.3, 0.4) is 0 Å². The van der Waals surface area contributed by atoms with E-state index in [0.717, 1.165) is 22.5 Å². The molecule has 1 aliphatic rings. The van der Waals surface area contributed by atoms with Crippen molar-refractivity contribution in [3.8, 4) is 5.75 Å². The molecule has 0 saturated heterocycles. The Kier molecular flexibility index (Phi) is 2.56. The molecule has 0 radical (unpaired) electrons. The third-order valence-electron chi connectivity index (χ3n) is 2.92. The van der Waals surface area contributed by atoms with E-state index in [1.54, 1.807) is 7.11 Å². The zero-order valence-corrected chi connectivity index (χ0v) is 10.3. The lowest BCUT2D eigenvalue weighted by Crippen LogP contribution is -2.02. The Bertz CT molecular complexity index is 567. The van der Waals surface area contributed by atoms with E-state index in [9.17, 15) is 0 Å². The van der Waals surface area contributed by atoms with E-state index in [4.69, 9.17) is 16.3 Å². The number of aromatic nitrogens is 1. The Balaban J connectivity index is 2.10. The van der Waals surface area contributed by atoms with Crippen molar-refractivity contribution >= 4 is 28.3 Å². The molecule has 1 aromatic heterocycles. The highest BCUT2D eigenvalue weighted by Crippen LogP contribution is 2.32. The molecule has 88 valence electrons. The summed E-state index contributed by atoms with van der Waals surface area (Å²) in [5.74, 6) is 1.69. The first-order valence-corrected chi connectivity index (χ1v) is 6.05. The van der Waals surface area contributed by atoms with Gasteiger partial charge in [-0.3, -0.25) is 0 Å². The maximum atomic E-state index is 6.16. The van der Waals surface area contributed by atoms with Crippen molar-refractivity contribution in [3.05, 3.63) is 29.3 Å². The first kappa shape index (κ1) is 10.7. The number of nitrogens with one attached hydrogen (secondary N) is 1. The normalized spacial score (nSPS) is 14.9. The summed E-state index contributed by atoms with van der Waals surface area (Å²) in [7, 11) is 1.65. The second-order valence-corrected chi connectivity index (χ2v) is 4.67. The summed E-state index contributed by atoms with van der Waals surface area (Å²) in [6, 6.07) is 8.23. The summed E-state index contributed by atoms with van der Waals surface area (Å²) in [6.07, 6.45) is 2.46. The maximum Gasteiger partial charge on any atom is 0.128 e. The first-order chi connectivity index (χ1) is 8.28. The standard InChI is InChI=1S/C13H13ClN2O/c1-17-11-6-5-10(14)13-9(11)4-7-12(16-13)15-8-2-3-8/h4-8H,2-3H2,1H3,(H,15,16). The highest BCUT2D eigenvalue weighted by Gasteiger charge is 2.21. The number of fused-ring (bicyclic) bond motifs is 1. The van der Waals surface area contributed by atoms with Gasteiger partial charge in [0.25, 0.3) is 0 Å². The SMILES string of the molecule is COc1ccc(Cl)c2nc(NC3CC3)ccc12. The van der Waals surface area contributed by atoms with Crippen LogP contribution in [0.15, 0.2) is 24.3 Å². The van der Waals surface area contributed by atoms with Gasteiger partial charge in [-0.2, -0.15) is 0 Å². The second kappa shape index (κ2) is 4.08. The van der Waals surface area contributed by atoms with Gasteiger partial charge in [0, 0.05) is 11.4 Å². The number of methoxy groups -OCH3 is 1. The van der Waals surface area contributed by atoms with Crippen LogP contribution in [0.5, 0.6) is 5.75 Å². The molecule has 1 aromatic carbocycles. The largest absolute Gasteiger partial charge is 0.496 e. The molecule has 1 aliphatic carbocycles. The second-order valence-electron chi connectivity index (χ2n) is 4.26. The smallest absolute Gasteiger partial charge is 0.128 e. The van der Waals surface area contributed by atoms with Gasteiger partial charge in [-0.1, -0.05) is 11.6 Å². The van der Waals surface area contributed by atoms with Gasteiger partial charge in [-0.05, 0) is 37.1 Å². The molecule has 1 fully saturated rings.